The second kappa shape index (κ2) is 10.5. The molecule has 1 aliphatic rings. The van der Waals surface area contributed by atoms with Crippen LogP contribution in [0.3, 0.4) is 0 Å². The van der Waals surface area contributed by atoms with Crippen molar-refractivity contribution in [3.05, 3.63) is 34.5 Å². The van der Waals surface area contributed by atoms with Crippen LogP contribution in [0.4, 0.5) is 0 Å². The molecule has 1 aromatic heterocycles. The van der Waals surface area contributed by atoms with Crippen LogP contribution in [0.1, 0.15) is 27.2 Å². The van der Waals surface area contributed by atoms with E-state index in [0.717, 1.165) is 18.2 Å². The van der Waals surface area contributed by atoms with Crippen molar-refractivity contribution in [1.29, 1.82) is 0 Å². The second-order valence-electron chi connectivity index (χ2n) is 9.28. The fourth-order valence-corrected chi connectivity index (χ4v) is 4.03. The molecule has 1 fully saturated rings. The molecule has 0 bridgehead atoms. The van der Waals surface area contributed by atoms with Crippen molar-refractivity contribution in [3.8, 4) is 45.8 Å². The van der Waals surface area contributed by atoms with E-state index in [1.54, 1.807) is 13.8 Å². The number of benzene rings is 2. The van der Waals surface area contributed by atoms with Gasteiger partial charge in [0.2, 0.25) is 23.2 Å². The van der Waals surface area contributed by atoms with Gasteiger partial charge in [-0.3, -0.25) is 9.59 Å². The lowest BCUT2D eigenvalue weighted by atomic mass is 9.99. The number of phenols is 4. The highest BCUT2D eigenvalue weighted by molar-refractivity contribution is 5.93. The lowest BCUT2D eigenvalue weighted by Gasteiger charge is -2.40. The third kappa shape index (κ3) is 4.99. The molecule has 1 aliphatic heterocycles. The molecule has 0 saturated carbocycles. The Morgan fingerprint density at radius 2 is 1.69 bits per heavy atom. The Bertz CT molecular complexity index is 1460. The van der Waals surface area contributed by atoms with Crippen molar-refractivity contribution in [2.45, 2.75) is 57.9 Å². The first-order valence-corrected chi connectivity index (χ1v) is 12.0. The van der Waals surface area contributed by atoms with Crippen LogP contribution in [0.15, 0.2) is 33.5 Å². The van der Waals surface area contributed by atoms with Gasteiger partial charge in [-0.1, -0.05) is 13.8 Å². The summed E-state index contributed by atoms with van der Waals surface area (Å²) in [6, 6.07) is 4.12. The maximum Gasteiger partial charge on any atom is 0.309 e. The van der Waals surface area contributed by atoms with Crippen LogP contribution in [0.2, 0.25) is 0 Å². The smallest absolute Gasteiger partial charge is 0.309 e. The summed E-state index contributed by atoms with van der Waals surface area (Å²) in [5, 5.41) is 71.8. The van der Waals surface area contributed by atoms with E-state index in [4.69, 9.17) is 18.6 Å². The molecule has 13 heteroatoms. The topological polar surface area (TPSA) is 217 Å². The summed E-state index contributed by atoms with van der Waals surface area (Å²) >= 11 is 0. The van der Waals surface area contributed by atoms with Crippen molar-refractivity contribution in [2.24, 2.45) is 5.92 Å². The highest BCUT2D eigenvalue weighted by Crippen LogP contribution is 2.44. The third-order valence-electron chi connectivity index (χ3n) is 6.59. The zero-order valence-corrected chi connectivity index (χ0v) is 21.1. The van der Waals surface area contributed by atoms with Crippen LogP contribution in [0.25, 0.3) is 22.3 Å². The average molecular weight is 548 g/mol. The van der Waals surface area contributed by atoms with Crippen LogP contribution < -0.4 is 10.2 Å². The van der Waals surface area contributed by atoms with Gasteiger partial charge in [0.15, 0.2) is 40.8 Å². The van der Waals surface area contributed by atoms with Gasteiger partial charge in [0.05, 0.1) is 12.0 Å². The summed E-state index contributed by atoms with van der Waals surface area (Å²) in [7, 11) is 0. The van der Waals surface area contributed by atoms with Crippen molar-refractivity contribution < 1.29 is 59.2 Å². The van der Waals surface area contributed by atoms with Gasteiger partial charge < -0.3 is 54.4 Å². The number of hydrogen-bond acceptors (Lipinski definition) is 13. The van der Waals surface area contributed by atoms with Crippen molar-refractivity contribution in [3.63, 3.8) is 0 Å². The summed E-state index contributed by atoms with van der Waals surface area (Å²) in [6.07, 6.45) is -6.73. The molecule has 0 aliphatic carbocycles. The molecule has 1 saturated heterocycles. The minimum absolute atomic E-state index is 0.0492. The number of hydrogen-bond donors (Lipinski definition) is 7. The predicted molar refractivity (Wildman–Crippen MR) is 133 cm³/mol. The van der Waals surface area contributed by atoms with E-state index in [1.807, 2.05) is 0 Å². The molecule has 7 N–H and O–H groups in total. The normalized spacial score (nSPS) is 23.9. The lowest BCUT2D eigenvalue weighted by Crippen LogP contribution is -2.60. The Balaban J connectivity index is 1.74. The number of aliphatic hydroxyl groups excluding tert-OH is 2. The second-order valence-corrected chi connectivity index (χ2v) is 9.28. The Kier molecular flexibility index (Phi) is 7.50. The van der Waals surface area contributed by atoms with Gasteiger partial charge in [0.1, 0.15) is 17.2 Å². The molecule has 4 rings (SSSR count). The van der Waals surface area contributed by atoms with Gasteiger partial charge in [-0.15, -0.1) is 0 Å². The van der Waals surface area contributed by atoms with Crippen LogP contribution in [-0.2, 0) is 14.3 Å². The standard InChI is InChI=1S/C26H28O13/c1-4-9(2)25(35)39-24-17(30)10(3)36-26(21(24)34)37-15-8-14(29)16-19(32)20(33)22(38-23(16)18(15)31)11-5-6-12(27)13(28)7-11/h5-10,17,21,24,26-31,33-34H,4H2,1-3H3. The Hall–Kier alpha value is -4.20. The van der Waals surface area contributed by atoms with Crippen molar-refractivity contribution >= 4 is 16.9 Å². The Morgan fingerprint density at radius 3 is 2.33 bits per heavy atom. The van der Waals surface area contributed by atoms with Crippen LogP contribution in [-0.4, -0.2) is 72.4 Å². The van der Waals surface area contributed by atoms with E-state index >= 15 is 0 Å². The molecule has 0 amide bonds. The van der Waals surface area contributed by atoms with Gasteiger partial charge >= 0.3 is 5.97 Å². The minimum atomic E-state index is -1.73. The number of ether oxygens (including phenoxy) is 3. The predicted octanol–water partition coefficient (Wildman–Crippen LogP) is 1.79. The van der Waals surface area contributed by atoms with E-state index in [1.165, 1.54) is 13.0 Å². The zero-order chi connectivity index (χ0) is 28.8. The van der Waals surface area contributed by atoms with E-state index in [2.05, 4.69) is 0 Å². The summed E-state index contributed by atoms with van der Waals surface area (Å²) in [4.78, 5) is 25.1. The maximum atomic E-state index is 12.8. The van der Waals surface area contributed by atoms with E-state index in [9.17, 15) is 45.3 Å². The molecule has 2 aromatic carbocycles. The number of aromatic hydroxyl groups is 5. The molecule has 6 atom stereocenters. The van der Waals surface area contributed by atoms with Crippen LogP contribution >= 0.6 is 0 Å². The molecule has 39 heavy (non-hydrogen) atoms. The molecule has 0 spiro atoms. The Labute approximate surface area is 220 Å². The van der Waals surface area contributed by atoms with Gasteiger partial charge in [-0.05, 0) is 31.5 Å². The molecule has 3 aromatic rings. The monoisotopic (exact) mass is 548 g/mol. The number of aliphatic hydroxyl groups is 2. The molecule has 13 nitrogen and oxygen atoms in total. The van der Waals surface area contributed by atoms with Gasteiger partial charge in [0, 0.05) is 11.6 Å². The lowest BCUT2D eigenvalue weighted by molar-refractivity contribution is -0.273. The van der Waals surface area contributed by atoms with Crippen LogP contribution in [0, 0.1) is 5.92 Å². The van der Waals surface area contributed by atoms with Crippen molar-refractivity contribution in [1.82, 2.24) is 0 Å². The summed E-state index contributed by atoms with van der Waals surface area (Å²) in [5.74, 6) is -5.78. The van der Waals surface area contributed by atoms with Gasteiger partial charge in [-0.25, -0.2) is 0 Å². The fraction of sp³-hybridized carbons (Fsp3) is 0.385. The van der Waals surface area contributed by atoms with Gasteiger partial charge in [0.25, 0.3) is 0 Å². The first-order valence-electron chi connectivity index (χ1n) is 12.0. The first-order chi connectivity index (χ1) is 18.3. The highest BCUT2D eigenvalue weighted by atomic mass is 16.7. The average Bonchev–Trinajstić information content (AvgIpc) is 2.90. The molecule has 2 heterocycles. The van der Waals surface area contributed by atoms with E-state index in [-0.39, 0.29) is 5.56 Å². The molecule has 6 unspecified atom stereocenters. The third-order valence-corrected chi connectivity index (χ3v) is 6.59. The number of fused-ring (bicyclic) bond motifs is 1. The maximum absolute atomic E-state index is 12.8. The number of carbonyl (C=O) groups excluding carboxylic acids is 1. The molecule has 0 radical (unpaired) electrons. The SMILES string of the molecule is CCC(C)C(=O)OC1C(O)C(C)OC(Oc2cc(O)c3c(=O)c(O)c(-c4ccc(O)c(O)c4)oc3c2O)C1O. The molecular weight excluding hydrogens is 520 g/mol. The minimum Gasteiger partial charge on any atom is -0.507 e. The van der Waals surface area contributed by atoms with Crippen LogP contribution in [0.5, 0.6) is 34.5 Å². The van der Waals surface area contributed by atoms with E-state index in [0.29, 0.717) is 6.42 Å². The number of phenolic OH excluding ortho intramolecular Hbond substituents is 4. The fourth-order valence-electron chi connectivity index (χ4n) is 4.03. The number of rotatable bonds is 6. The Morgan fingerprint density at radius 1 is 1.00 bits per heavy atom. The number of esters is 1. The largest absolute Gasteiger partial charge is 0.507 e. The summed E-state index contributed by atoms with van der Waals surface area (Å²) in [5.41, 5.74) is -1.79. The quantitative estimate of drug-likeness (QED) is 0.133. The first kappa shape index (κ1) is 27.8. The summed E-state index contributed by atoms with van der Waals surface area (Å²) < 4.78 is 21.9. The number of carbonyl (C=O) groups is 1. The van der Waals surface area contributed by atoms with E-state index < -0.39 is 99.2 Å². The highest BCUT2D eigenvalue weighted by Gasteiger charge is 2.47. The zero-order valence-electron chi connectivity index (χ0n) is 21.1. The summed E-state index contributed by atoms with van der Waals surface area (Å²) in [6.45, 7) is 4.82. The van der Waals surface area contributed by atoms with Crippen molar-refractivity contribution in [2.75, 3.05) is 0 Å². The molecule has 210 valence electrons. The molecular formula is C26H28O13. The van der Waals surface area contributed by atoms with Gasteiger partial charge in [-0.2, -0.15) is 0 Å².